The van der Waals surface area contributed by atoms with Gasteiger partial charge in [0.05, 0.1) is 19.1 Å². The predicted octanol–water partition coefficient (Wildman–Crippen LogP) is 3.35. The second-order valence-corrected chi connectivity index (χ2v) is 5.60. The van der Waals surface area contributed by atoms with Gasteiger partial charge in [0.1, 0.15) is 11.5 Å². The average molecular weight is 317 g/mol. The molecule has 22 heavy (non-hydrogen) atoms. The summed E-state index contributed by atoms with van der Waals surface area (Å²) in [6.07, 6.45) is 4.94. The predicted molar refractivity (Wildman–Crippen MR) is 89.9 cm³/mol. The molecule has 0 aliphatic heterocycles. The summed E-state index contributed by atoms with van der Waals surface area (Å²) in [7, 11) is 1.61. The van der Waals surface area contributed by atoms with Crippen LogP contribution in [0.2, 0.25) is 0 Å². The van der Waals surface area contributed by atoms with Crippen LogP contribution >= 0.6 is 11.8 Å². The molecule has 0 aliphatic rings. The van der Waals surface area contributed by atoms with E-state index in [9.17, 15) is 4.79 Å². The van der Waals surface area contributed by atoms with E-state index in [1.165, 1.54) is 6.08 Å². The minimum Gasteiger partial charge on any atom is -0.496 e. The third kappa shape index (κ3) is 5.33. The van der Waals surface area contributed by atoms with Crippen LogP contribution < -0.4 is 10.1 Å². The van der Waals surface area contributed by atoms with Gasteiger partial charge in [0.15, 0.2) is 0 Å². The Labute approximate surface area is 134 Å². The van der Waals surface area contributed by atoms with Crippen LogP contribution in [0.4, 0.5) is 0 Å². The third-order valence-corrected chi connectivity index (χ3v) is 3.90. The number of carbonyl (C=O) groups excluding carboxylic acids is 1. The molecular weight excluding hydrogens is 298 g/mol. The number of hydrogen-bond acceptors (Lipinski definition) is 4. The van der Waals surface area contributed by atoms with Gasteiger partial charge in [-0.25, -0.2) is 0 Å². The van der Waals surface area contributed by atoms with Crippen LogP contribution in [0, 0.1) is 0 Å². The van der Waals surface area contributed by atoms with Crippen molar-refractivity contribution < 1.29 is 13.9 Å². The standard InChI is InChI=1S/C17H19NO3S/c1-20-16-7-3-2-5-14(16)8-9-17(19)18-10-12-22-13-15-6-4-11-21-15/h2-9,11H,10,12-13H2,1H3,(H,18,19)/b9-8+. The lowest BCUT2D eigenvalue weighted by atomic mass is 10.2. The molecule has 1 amide bonds. The van der Waals surface area contributed by atoms with Gasteiger partial charge in [-0.1, -0.05) is 18.2 Å². The van der Waals surface area contributed by atoms with E-state index in [-0.39, 0.29) is 5.91 Å². The van der Waals surface area contributed by atoms with Crippen molar-refractivity contribution in [1.29, 1.82) is 0 Å². The Morgan fingerprint density at radius 1 is 1.32 bits per heavy atom. The van der Waals surface area contributed by atoms with E-state index in [0.717, 1.165) is 28.6 Å². The fourth-order valence-corrected chi connectivity index (χ4v) is 2.60. The normalized spacial score (nSPS) is 10.8. The van der Waals surface area contributed by atoms with Gasteiger partial charge in [-0.15, -0.1) is 0 Å². The number of carbonyl (C=O) groups is 1. The minimum atomic E-state index is -0.107. The molecule has 4 nitrogen and oxygen atoms in total. The van der Waals surface area contributed by atoms with Gasteiger partial charge in [0.2, 0.25) is 5.91 Å². The number of ether oxygens (including phenoxy) is 1. The van der Waals surface area contributed by atoms with Gasteiger partial charge in [-0.2, -0.15) is 11.8 Å². The average Bonchev–Trinajstić information content (AvgIpc) is 3.06. The highest BCUT2D eigenvalue weighted by Gasteiger charge is 2.00. The number of nitrogens with one attached hydrogen (secondary N) is 1. The highest BCUT2D eigenvalue weighted by molar-refractivity contribution is 7.98. The second kappa shape index (κ2) is 9.00. The van der Waals surface area contributed by atoms with Crippen molar-refractivity contribution >= 4 is 23.7 Å². The van der Waals surface area contributed by atoms with Crippen molar-refractivity contribution in [1.82, 2.24) is 5.32 Å². The van der Waals surface area contributed by atoms with Crippen LogP contribution in [0.3, 0.4) is 0 Å². The molecule has 5 heteroatoms. The largest absolute Gasteiger partial charge is 0.496 e. The summed E-state index contributed by atoms with van der Waals surface area (Å²) < 4.78 is 10.5. The molecule has 0 bridgehead atoms. The molecule has 2 aromatic rings. The van der Waals surface area contributed by atoms with Crippen LogP contribution in [0.25, 0.3) is 6.08 Å². The molecule has 1 aromatic heterocycles. The molecule has 0 fully saturated rings. The molecule has 0 saturated carbocycles. The summed E-state index contributed by atoms with van der Waals surface area (Å²) >= 11 is 1.72. The number of para-hydroxylation sites is 1. The summed E-state index contributed by atoms with van der Waals surface area (Å²) in [4.78, 5) is 11.7. The quantitative estimate of drug-likeness (QED) is 0.599. The SMILES string of the molecule is COc1ccccc1/C=C/C(=O)NCCSCc1ccco1. The number of benzene rings is 1. The first-order valence-electron chi connectivity index (χ1n) is 6.98. The van der Waals surface area contributed by atoms with Crippen molar-refractivity contribution in [3.8, 4) is 5.75 Å². The van der Waals surface area contributed by atoms with E-state index >= 15 is 0 Å². The Balaban J connectivity index is 1.68. The van der Waals surface area contributed by atoms with E-state index < -0.39 is 0 Å². The number of amides is 1. The molecule has 0 unspecified atom stereocenters. The van der Waals surface area contributed by atoms with Gasteiger partial charge in [-0.05, 0) is 24.3 Å². The summed E-state index contributed by atoms with van der Waals surface area (Å²) in [6, 6.07) is 11.4. The number of thioether (sulfide) groups is 1. The summed E-state index contributed by atoms with van der Waals surface area (Å²) in [5, 5.41) is 2.85. The van der Waals surface area contributed by atoms with Crippen molar-refractivity contribution in [2.24, 2.45) is 0 Å². The van der Waals surface area contributed by atoms with Crippen molar-refractivity contribution in [2.75, 3.05) is 19.4 Å². The molecular formula is C17H19NO3S. The van der Waals surface area contributed by atoms with Crippen molar-refractivity contribution in [3.63, 3.8) is 0 Å². The zero-order valence-corrected chi connectivity index (χ0v) is 13.3. The fraction of sp³-hybridized carbons (Fsp3) is 0.235. The van der Waals surface area contributed by atoms with Crippen LogP contribution in [-0.2, 0) is 10.5 Å². The lowest BCUT2D eigenvalue weighted by molar-refractivity contribution is -0.116. The van der Waals surface area contributed by atoms with Crippen molar-refractivity contribution in [2.45, 2.75) is 5.75 Å². The Morgan fingerprint density at radius 2 is 2.18 bits per heavy atom. The summed E-state index contributed by atoms with van der Waals surface area (Å²) in [5.41, 5.74) is 0.882. The van der Waals surface area contributed by atoms with Crippen LogP contribution in [0.5, 0.6) is 5.75 Å². The molecule has 0 spiro atoms. The Hall–Kier alpha value is -2.14. The lowest BCUT2D eigenvalue weighted by Gasteiger charge is -2.04. The number of hydrogen-bond donors (Lipinski definition) is 1. The highest BCUT2D eigenvalue weighted by atomic mass is 32.2. The maximum Gasteiger partial charge on any atom is 0.244 e. The smallest absolute Gasteiger partial charge is 0.244 e. The molecule has 0 saturated heterocycles. The zero-order chi connectivity index (χ0) is 15.6. The number of rotatable bonds is 8. The van der Waals surface area contributed by atoms with Gasteiger partial charge in [-0.3, -0.25) is 4.79 Å². The van der Waals surface area contributed by atoms with Gasteiger partial charge in [0.25, 0.3) is 0 Å². The Bertz CT molecular complexity index is 608. The van der Waals surface area contributed by atoms with E-state index in [2.05, 4.69) is 5.32 Å². The van der Waals surface area contributed by atoms with Crippen LogP contribution in [0.1, 0.15) is 11.3 Å². The Morgan fingerprint density at radius 3 is 2.95 bits per heavy atom. The van der Waals surface area contributed by atoms with Crippen LogP contribution in [-0.4, -0.2) is 25.3 Å². The number of furan rings is 1. The Kier molecular flexibility index (Phi) is 6.64. The molecule has 0 aliphatic carbocycles. The fourth-order valence-electron chi connectivity index (χ4n) is 1.84. The van der Waals surface area contributed by atoms with Gasteiger partial charge >= 0.3 is 0 Å². The number of methoxy groups -OCH3 is 1. The maximum atomic E-state index is 11.7. The van der Waals surface area contributed by atoms with E-state index in [1.54, 1.807) is 31.2 Å². The molecule has 116 valence electrons. The first-order valence-corrected chi connectivity index (χ1v) is 8.14. The summed E-state index contributed by atoms with van der Waals surface area (Å²) in [5.74, 6) is 3.26. The molecule has 1 heterocycles. The van der Waals surface area contributed by atoms with E-state index in [0.29, 0.717) is 6.54 Å². The third-order valence-electron chi connectivity index (χ3n) is 2.92. The molecule has 1 N–H and O–H groups in total. The summed E-state index contributed by atoms with van der Waals surface area (Å²) in [6.45, 7) is 0.625. The highest BCUT2D eigenvalue weighted by Crippen LogP contribution is 2.18. The molecule has 1 aromatic carbocycles. The maximum absolute atomic E-state index is 11.7. The monoisotopic (exact) mass is 317 g/mol. The van der Waals surface area contributed by atoms with Crippen molar-refractivity contribution in [3.05, 3.63) is 60.1 Å². The molecule has 0 radical (unpaired) electrons. The molecule has 2 rings (SSSR count). The zero-order valence-electron chi connectivity index (χ0n) is 12.5. The van der Waals surface area contributed by atoms with Gasteiger partial charge in [0, 0.05) is 23.9 Å². The van der Waals surface area contributed by atoms with Gasteiger partial charge < -0.3 is 14.5 Å². The minimum absolute atomic E-state index is 0.107. The van der Waals surface area contributed by atoms with E-state index in [1.807, 2.05) is 36.4 Å². The second-order valence-electron chi connectivity index (χ2n) is 4.50. The molecule has 0 atom stereocenters. The first kappa shape index (κ1) is 16.2. The van der Waals surface area contributed by atoms with E-state index in [4.69, 9.17) is 9.15 Å². The first-order chi connectivity index (χ1) is 10.8. The lowest BCUT2D eigenvalue weighted by Crippen LogP contribution is -2.23. The van der Waals surface area contributed by atoms with Crippen LogP contribution in [0.15, 0.2) is 53.2 Å². The topological polar surface area (TPSA) is 51.5 Å².